The van der Waals surface area contributed by atoms with Crippen molar-refractivity contribution in [2.45, 2.75) is 4.90 Å². The first kappa shape index (κ1) is 17.3. The fourth-order valence-electron chi connectivity index (χ4n) is 2.39. The summed E-state index contributed by atoms with van der Waals surface area (Å²) in [7, 11) is -2.95. The van der Waals surface area contributed by atoms with Crippen molar-refractivity contribution in [3.8, 4) is 11.5 Å². The number of benzene rings is 2. The number of carbonyl (C=O) groups is 1. The van der Waals surface area contributed by atoms with Crippen molar-refractivity contribution in [3.63, 3.8) is 0 Å². The molecule has 0 spiro atoms. The number of rotatable bonds is 4. The molecular formula is C15H11ClFNO6S. The molecule has 132 valence electrons. The molecule has 0 bridgehead atoms. The predicted molar refractivity (Wildman–Crippen MR) is 86.5 cm³/mol. The van der Waals surface area contributed by atoms with Crippen LogP contribution in [0.25, 0.3) is 0 Å². The molecule has 10 heteroatoms. The lowest BCUT2D eigenvalue weighted by atomic mass is 10.2. The van der Waals surface area contributed by atoms with E-state index in [9.17, 15) is 17.6 Å². The van der Waals surface area contributed by atoms with Gasteiger partial charge in [-0.3, -0.25) is 0 Å². The molecule has 0 fully saturated rings. The smallest absolute Gasteiger partial charge is 0.335 e. The van der Waals surface area contributed by atoms with Crippen molar-refractivity contribution in [2.24, 2.45) is 0 Å². The number of carboxylic acids is 1. The minimum Gasteiger partial charge on any atom is -0.495 e. The number of anilines is 1. The van der Waals surface area contributed by atoms with E-state index in [1.54, 1.807) is 0 Å². The molecule has 0 saturated heterocycles. The molecule has 0 saturated carbocycles. The van der Waals surface area contributed by atoms with Crippen LogP contribution in [-0.4, -0.2) is 33.3 Å². The summed E-state index contributed by atoms with van der Waals surface area (Å²) >= 11 is 5.87. The number of aromatic carboxylic acids is 1. The first-order valence-corrected chi connectivity index (χ1v) is 8.63. The van der Waals surface area contributed by atoms with Crippen LogP contribution in [0.1, 0.15) is 10.4 Å². The summed E-state index contributed by atoms with van der Waals surface area (Å²) in [5.74, 6) is -2.67. The van der Waals surface area contributed by atoms with Gasteiger partial charge in [0, 0.05) is 5.02 Å². The van der Waals surface area contributed by atoms with E-state index in [0.717, 1.165) is 16.4 Å². The van der Waals surface area contributed by atoms with Gasteiger partial charge in [-0.2, -0.15) is 0 Å². The number of sulfonamides is 1. The van der Waals surface area contributed by atoms with E-state index in [0.29, 0.717) is 0 Å². The number of ether oxygens (including phenoxy) is 2. The van der Waals surface area contributed by atoms with Gasteiger partial charge in [-0.25, -0.2) is 21.9 Å². The Morgan fingerprint density at radius 3 is 2.72 bits per heavy atom. The Morgan fingerprint density at radius 2 is 2.08 bits per heavy atom. The second-order valence-electron chi connectivity index (χ2n) is 5.03. The van der Waals surface area contributed by atoms with Gasteiger partial charge in [0.25, 0.3) is 10.0 Å². The third-order valence-corrected chi connectivity index (χ3v) is 5.55. The maximum atomic E-state index is 14.0. The Kier molecular flexibility index (Phi) is 4.21. The van der Waals surface area contributed by atoms with Gasteiger partial charge in [-0.05, 0) is 30.3 Å². The van der Waals surface area contributed by atoms with Crippen LogP contribution in [0.2, 0.25) is 5.02 Å². The zero-order valence-corrected chi connectivity index (χ0v) is 14.3. The highest BCUT2D eigenvalue weighted by molar-refractivity contribution is 7.93. The molecule has 1 heterocycles. The molecule has 2 aromatic rings. The lowest BCUT2D eigenvalue weighted by Gasteiger charge is -2.19. The predicted octanol–water partition coefficient (Wildman–Crippen LogP) is 2.73. The summed E-state index contributed by atoms with van der Waals surface area (Å²) < 4.78 is 50.8. The fourth-order valence-corrected chi connectivity index (χ4v) is 4.13. The summed E-state index contributed by atoms with van der Waals surface area (Å²) in [5, 5.41) is 9.21. The molecule has 1 N–H and O–H groups in total. The van der Waals surface area contributed by atoms with Crippen LogP contribution in [-0.2, 0) is 10.0 Å². The zero-order valence-electron chi connectivity index (χ0n) is 12.7. The number of nitrogens with zero attached hydrogens (tertiary/aromatic N) is 1. The fraction of sp³-hybridized carbons (Fsp3) is 0.133. The van der Waals surface area contributed by atoms with Gasteiger partial charge in [0.05, 0.1) is 12.7 Å². The average Bonchev–Trinajstić information content (AvgIpc) is 3.00. The summed E-state index contributed by atoms with van der Waals surface area (Å²) in [5.41, 5.74) is -0.612. The standard InChI is InChI=1S/C15H11ClFNO6S/c1-23-12-3-2-9(16)6-13(12)25(21,22)18-7-24-14-10(17)4-8(15(19)20)5-11(14)18/h2-6H,7H2,1H3,(H,19,20). The second kappa shape index (κ2) is 6.08. The van der Waals surface area contributed by atoms with Crippen LogP contribution in [0.4, 0.5) is 10.1 Å². The number of fused-ring (bicyclic) bond motifs is 1. The average molecular weight is 388 g/mol. The van der Waals surface area contributed by atoms with E-state index in [4.69, 9.17) is 26.2 Å². The van der Waals surface area contributed by atoms with Crippen LogP contribution in [0.15, 0.2) is 35.2 Å². The normalized spacial score (nSPS) is 13.3. The summed E-state index contributed by atoms with van der Waals surface area (Å²) in [6, 6.07) is 5.81. The quantitative estimate of drug-likeness (QED) is 0.867. The number of carboxylic acid groups (broad SMARTS) is 1. The molecule has 0 aliphatic carbocycles. The summed E-state index contributed by atoms with van der Waals surface area (Å²) in [4.78, 5) is 10.9. The summed E-state index contributed by atoms with van der Waals surface area (Å²) in [6.45, 7) is -0.507. The Morgan fingerprint density at radius 1 is 1.36 bits per heavy atom. The van der Waals surface area contributed by atoms with Crippen molar-refractivity contribution in [3.05, 3.63) is 46.7 Å². The van der Waals surface area contributed by atoms with Gasteiger partial charge in [-0.15, -0.1) is 0 Å². The van der Waals surface area contributed by atoms with E-state index < -0.39 is 34.1 Å². The zero-order chi connectivity index (χ0) is 18.4. The maximum absolute atomic E-state index is 14.0. The molecule has 3 rings (SSSR count). The Labute approximate surface area is 147 Å². The Hall–Kier alpha value is -2.52. The molecular weight excluding hydrogens is 377 g/mol. The number of hydrogen-bond acceptors (Lipinski definition) is 5. The second-order valence-corrected chi connectivity index (χ2v) is 7.30. The number of halogens is 2. The van der Waals surface area contributed by atoms with Crippen molar-refractivity contribution in [1.82, 2.24) is 0 Å². The van der Waals surface area contributed by atoms with Gasteiger partial charge in [0.2, 0.25) is 0 Å². The van der Waals surface area contributed by atoms with Crippen molar-refractivity contribution >= 4 is 33.3 Å². The largest absolute Gasteiger partial charge is 0.495 e. The molecule has 7 nitrogen and oxygen atoms in total. The van der Waals surface area contributed by atoms with E-state index in [-0.39, 0.29) is 27.1 Å². The first-order chi connectivity index (χ1) is 11.8. The van der Waals surface area contributed by atoms with Crippen molar-refractivity contribution in [1.29, 1.82) is 0 Å². The topological polar surface area (TPSA) is 93.1 Å². The van der Waals surface area contributed by atoms with E-state index in [1.807, 2.05) is 0 Å². The SMILES string of the molecule is COc1ccc(Cl)cc1S(=O)(=O)N1COc2c(F)cc(C(=O)O)cc21. The van der Waals surface area contributed by atoms with Gasteiger partial charge in [-0.1, -0.05) is 11.6 Å². The Bertz CT molecular complexity index is 978. The highest BCUT2D eigenvalue weighted by Crippen LogP contribution is 2.42. The molecule has 0 aromatic heterocycles. The summed E-state index contributed by atoms with van der Waals surface area (Å²) in [6.07, 6.45) is 0. The molecule has 1 aliphatic rings. The van der Waals surface area contributed by atoms with Gasteiger partial charge < -0.3 is 14.6 Å². The van der Waals surface area contributed by atoms with Gasteiger partial charge in [0.1, 0.15) is 16.3 Å². The van der Waals surface area contributed by atoms with Crippen LogP contribution in [0, 0.1) is 5.82 Å². The van der Waals surface area contributed by atoms with E-state index in [1.165, 1.54) is 25.3 Å². The minimum absolute atomic E-state index is 0.0349. The third-order valence-electron chi connectivity index (χ3n) is 3.56. The molecule has 0 radical (unpaired) electrons. The highest BCUT2D eigenvalue weighted by Gasteiger charge is 2.36. The van der Waals surface area contributed by atoms with Gasteiger partial charge >= 0.3 is 5.97 Å². The third kappa shape index (κ3) is 2.85. The molecule has 0 atom stereocenters. The first-order valence-electron chi connectivity index (χ1n) is 6.81. The maximum Gasteiger partial charge on any atom is 0.335 e. The van der Waals surface area contributed by atoms with E-state index in [2.05, 4.69) is 0 Å². The molecule has 2 aromatic carbocycles. The number of methoxy groups -OCH3 is 1. The molecule has 0 amide bonds. The highest BCUT2D eigenvalue weighted by atomic mass is 35.5. The molecule has 0 unspecified atom stereocenters. The molecule has 1 aliphatic heterocycles. The van der Waals surface area contributed by atoms with Crippen molar-refractivity contribution in [2.75, 3.05) is 18.1 Å². The lowest BCUT2D eigenvalue weighted by Crippen LogP contribution is -2.30. The lowest BCUT2D eigenvalue weighted by molar-refractivity contribution is 0.0696. The minimum atomic E-state index is -4.24. The van der Waals surface area contributed by atoms with Crippen LogP contribution in [0.3, 0.4) is 0 Å². The van der Waals surface area contributed by atoms with Crippen molar-refractivity contribution < 1.29 is 32.2 Å². The number of hydrogen-bond donors (Lipinski definition) is 1. The molecule has 25 heavy (non-hydrogen) atoms. The van der Waals surface area contributed by atoms with Crippen LogP contribution in [0.5, 0.6) is 11.5 Å². The van der Waals surface area contributed by atoms with E-state index >= 15 is 0 Å². The monoisotopic (exact) mass is 387 g/mol. The van der Waals surface area contributed by atoms with Gasteiger partial charge in [0.15, 0.2) is 18.3 Å². The van der Waals surface area contributed by atoms with Crippen LogP contribution >= 0.6 is 11.6 Å². The van der Waals surface area contributed by atoms with Crippen LogP contribution < -0.4 is 13.8 Å². The Balaban J connectivity index is 2.17.